The number of hydrogen-bond donors (Lipinski definition) is 2. The number of amides is 1. The van der Waals surface area contributed by atoms with Crippen molar-refractivity contribution in [3.63, 3.8) is 0 Å². The number of rotatable bonds is 2. The van der Waals surface area contributed by atoms with Crippen molar-refractivity contribution in [2.24, 2.45) is 11.8 Å². The molecule has 1 aliphatic rings. The van der Waals surface area contributed by atoms with Crippen LogP contribution in [0.4, 0.5) is 0 Å². The molecule has 0 saturated carbocycles. The Morgan fingerprint density at radius 2 is 2.40 bits per heavy atom. The van der Waals surface area contributed by atoms with Gasteiger partial charge in [-0.05, 0) is 0 Å². The Kier molecular flexibility index (Phi) is 1.94. The number of nitrogens with one attached hydrogen (secondary N) is 1. The van der Waals surface area contributed by atoms with Gasteiger partial charge in [0.15, 0.2) is 0 Å². The van der Waals surface area contributed by atoms with Crippen LogP contribution < -0.4 is 5.32 Å². The Morgan fingerprint density at radius 3 is 2.70 bits per heavy atom. The fourth-order valence-electron chi connectivity index (χ4n) is 1.24. The Labute approximate surface area is 60.4 Å². The maximum absolute atomic E-state index is 10.7. The third kappa shape index (κ3) is 1.01. The van der Waals surface area contributed by atoms with Gasteiger partial charge in [0.05, 0.1) is 5.92 Å². The van der Waals surface area contributed by atoms with Gasteiger partial charge in [0.2, 0.25) is 5.91 Å². The molecule has 1 heterocycles. The van der Waals surface area contributed by atoms with E-state index in [4.69, 9.17) is 5.11 Å². The Balaban J connectivity index is 2.39. The zero-order chi connectivity index (χ0) is 7.72. The highest BCUT2D eigenvalue weighted by molar-refractivity contribution is 5.85. The van der Waals surface area contributed by atoms with E-state index in [0.29, 0.717) is 0 Å². The molecule has 1 aliphatic heterocycles. The van der Waals surface area contributed by atoms with Gasteiger partial charge in [-0.15, -0.1) is 0 Å². The van der Waals surface area contributed by atoms with Crippen molar-refractivity contribution in [2.45, 2.75) is 19.9 Å². The summed E-state index contributed by atoms with van der Waals surface area (Å²) in [4.78, 5) is 10.7. The second kappa shape index (κ2) is 2.58. The second-order valence-corrected chi connectivity index (χ2v) is 2.98. The molecule has 1 fully saturated rings. The van der Waals surface area contributed by atoms with Gasteiger partial charge in [-0.3, -0.25) is 4.79 Å². The molecule has 0 aromatic heterocycles. The van der Waals surface area contributed by atoms with E-state index >= 15 is 0 Å². The molecule has 0 bridgehead atoms. The van der Waals surface area contributed by atoms with Crippen molar-refractivity contribution >= 4 is 5.91 Å². The van der Waals surface area contributed by atoms with E-state index < -0.39 is 0 Å². The lowest BCUT2D eigenvalue weighted by molar-refractivity contribution is -0.136. The molecule has 0 aromatic carbocycles. The number of aliphatic hydroxyl groups is 1. The quantitative estimate of drug-likeness (QED) is 0.524. The van der Waals surface area contributed by atoms with Crippen LogP contribution in [0, 0.1) is 11.8 Å². The molecule has 1 amide bonds. The van der Waals surface area contributed by atoms with Crippen LogP contribution in [0.2, 0.25) is 0 Å². The van der Waals surface area contributed by atoms with E-state index in [2.05, 4.69) is 5.32 Å². The van der Waals surface area contributed by atoms with Crippen LogP contribution in [0.3, 0.4) is 0 Å². The van der Waals surface area contributed by atoms with Gasteiger partial charge in [-0.1, -0.05) is 13.8 Å². The van der Waals surface area contributed by atoms with Crippen LogP contribution in [0.1, 0.15) is 13.8 Å². The third-order valence-corrected chi connectivity index (χ3v) is 2.16. The van der Waals surface area contributed by atoms with Crippen LogP contribution in [0.25, 0.3) is 0 Å². The van der Waals surface area contributed by atoms with Crippen molar-refractivity contribution in [3.8, 4) is 0 Å². The molecular weight excluding hydrogens is 130 g/mol. The fourth-order valence-corrected chi connectivity index (χ4v) is 1.24. The highest BCUT2D eigenvalue weighted by Gasteiger charge is 2.38. The first kappa shape index (κ1) is 7.54. The van der Waals surface area contributed by atoms with E-state index in [0.717, 1.165) is 0 Å². The van der Waals surface area contributed by atoms with Gasteiger partial charge in [-0.2, -0.15) is 0 Å². The maximum Gasteiger partial charge on any atom is 0.225 e. The molecule has 3 heteroatoms. The summed E-state index contributed by atoms with van der Waals surface area (Å²) < 4.78 is 0. The molecule has 0 spiro atoms. The highest BCUT2D eigenvalue weighted by Crippen LogP contribution is 2.20. The molecule has 2 N–H and O–H groups in total. The summed E-state index contributed by atoms with van der Waals surface area (Å²) in [6, 6.07) is 0.192. The number of carbonyl (C=O) groups excluding carboxylic acids is 1. The minimum Gasteiger partial charge on any atom is -0.396 e. The number of β-lactam (4-membered cyclic amide) rings is 1. The third-order valence-electron chi connectivity index (χ3n) is 2.16. The van der Waals surface area contributed by atoms with Crippen LogP contribution in [-0.4, -0.2) is 23.7 Å². The first-order valence-electron chi connectivity index (χ1n) is 3.58. The van der Waals surface area contributed by atoms with E-state index in [1.54, 1.807) is 0 Å². The minimum absolute atomic E-state index is 0.0853. The minimum atomic E-state index is 0.0853. The molecule has 0 radical (unpaired) electrons. The smallest absolute Gasteiger partial charge is 0.225 e. The molecular formula is C7H13NO2. The van der Waals surface area contributed by atoms with Crippen molar-refractivity contribution in [2.75, 3.05) is 6.61 Å². The zero-order valence-electron chi connectivity index (χ0n) is 6.29. The predicted molar refractivity (Wildman–Crippen MR) is 37.3 cm³/mol. The Hall–Kier alpha value is -0.570. The maximum atomic E-state index is 10.7. The lowest BCUT2D eigenvalue weighted by Gasteiger charge is -2.37. The van der Waals surface area contributed by atoms with E-state index in [1.807, 2.05) is 13.8 Å². The van der Waals surface area contributed by atoms with Crippen LogP contribution >= 0.6 is 0 Å². The first-order valence-corrected chi connectivity index (χ1v) is 3.58. The number of hydrogen-bond acceptors (Lipinski definition) is 2. The Bertz CT molecular complexity index is 147. The van der Waals surface area contributed by atoms with Crippen LogP contribution in [-0.2, 0) is 4.79 Å². The summed E-state index contributed by atoms with van der Waals surface area (Å²) >= 11 is 0. The lowest BCUT2D eigenvalue weighted by atomic mass is 9.84. The van der Waals surface area contributed by atoms with Gasteiger partial charge in [-0.25, -0.2) is 0 Å². The number of aliphatic hydroxyl groups excluding tert-OH is 1. The highest BCUT2D eigenvalue weighted by atomic mass is 16.3. The van der Waals surface area contributed by atoms with Crippen molar-refractivity contribution in [1.29, 1.82) is 0 Å². The van der Waals surface area contributed by atoms with Crippen molar-refractivity contribution in [1.82, 2.24) is 5.32 Å². The summed E-state index contributed by atoms with van der Waals surface area (Å²) in [7, 11) is 0. The molecule has 0 aliphatic carbocycles. The normalized spacial score (nSPS) is 34.5. The SMILES string of the molecule is CC(CO)[C@H]1NC(=O)C1C. The average Bonchev–Trinajstić information content (AvgIpc) is 1.98. The molecule has 58 valence electrons. The zero-order valence-corrected chi connectivity index (χ0v) is 6.29. The molecule has 1 rings (SSSR count). The second-order valence-electron chi connectivity index (χ2n) is 2.98. The van der Waals surface area contributed by atoms with E-state index in [1.165, 1.54) is 0 Å². The van der Waals surface area contributed by atoms with Gasteiger partial charge < -0.3 is 10.4 Å². The van der Waals surface area contributed by atoms with Crippen molar-refractivity contribution in [3.05, 3.63) is 0 Å². The summed E-state index contributed by atoms with van der Waals surface area (Å²) in [5.74, 6) is 0.375. The molecule has 0 aromatic rings. The standard InChI is InChI=1S/C7H13NO2/c1-4(3-9)6-5(2)7(10)8-6/h4-6,9H,3H2,1-2H3,(H,8,10)/t4?,5?,6-/m1/s1. The van der Waals surface area contributed by atoms with Gasteiger partial charge in [0.1, 0.15) is 0 Å². The molecule has 3 atom stereocenters. The molecule has 2 unspecified atom stereocenters. The fraction of sp³-hybridized carbons (Fsp3) is 0.857. The number of carbonyl (C=O) groups is 1. The van der Waals surface area contributed by atoms with Crippen LogP contribution in [0.5, 0.6) is 0 Å². The largest absolute Gasteiger partial charge is 0.396 e. The summed E-state index contributed by atoms with van der Waals surface area (Å²) in [6.07, 6.45) is 0. The average molecular weight is 143 g/mol. The molecule has 10 heavy (non-hydrogen) atoms. The van der Waals surface area contributed by atoms with Gasteiger partial charge in [0.25, 0.3) is 0 Å². The van der Waals surface area contributed by atoms with Crippen molar-refractivity contribution < 1.29 is 9.90 Å². The van der Waals surface area contributed by atoms with Crippen LogP contribution in [0.15, 0.2) is 0 Å². The van der Waals surface area contributed by atoms with E-state index in [9.17, 15) is 4.79 Å². The molecule has 3 nitrogen and oxygen atoms in total. The summed E-state index contributed by atoms with van der Waals surface area (Å²) in [5.41, 5.74) is 0. The molecule has 1 saturated heterocycles. The predicted octanol–water partition coefficient (Wildman–Crippen LogP) is -0.251. The Morgan fingerprint density at radius 1 is 1.80 bits per heavy atom. The topological polar surface area (TPSA) is 49.3 Å². The summed E-state index contributed by atoms with van der Waals surface area (Å²) in [6.45, 7) is 3.96. The van der Waals surface area contributed by atoms with Gasteiger partial charge >= 0.3 is 0 Å². The monoisotopic (exact) mass is 143 g/mol. The first-order chi connectivity index (χ1) is 4.66. The van der Waals surface area contributed by atoms with Gasteiger partial charge in [0, 0.05) is 18.6 Å². The summed E-state index contributed by atoms with van der Waals surface area (Å²) in [5, 5.41) is 11.5. The lowest BCUT2D eigenvalue weighted by Crippen LogP contribution is -2.60. The van der Waals surface area contributed by atoms with E-state index in [-0.39, 0.29) is 30.4 Å².